The third-order valence-electron chi connectivity index (χ3n) is 8.19. The lowest BCUT2D eigenvalue weighted by Crippen LogP contribution is -2.19. The van der Waals surface area contributed by atoms with Crippen LogP contribution in [0.4, 0.5) is 0 Å². The van der Waals surface area contributed by atoms with Gasteiger partial charge in [0.05, 0.1) is 0 Å². The highest BCUT2D eigenvalue weighted by Crippen LogP contribution is 2.32. The van der Waals surface area contributed by atoms with Gasteiger partial charge in [0, 0.05) is 19.3 Å². The Bertz CT molecular complexity index is 1140. The molecule has 3 aromatic carbocycles. The molecule has 0 amide bonds. The van der Waals surface area contributed by atoms with Crippen LogP contribution in [0, 0.1) is 0 Å². The van der Waals surface area contributed by atoms with Crippen molar-refractivity contribution in [2.75, 3.05) is 0 Å². The molecule has 3 aromatic rings. The summed E-state index contributed by atoms with van der Waals surface area (Å²) in [5, 5.41) is 0. The Labute approximate surface area is 205 Å². The molecule has 174 valence electrons. The predicted molar refractivity (Wildman–Crippen MR) is 143 cm³/mol. The molecule has 0 atom stereocenters. The highest BCUT2D eigenvalue weighted by molar-refractivity contribution is 5.69. The smallest absolute Gasteiger partial charge is 0.0427 e. The van der Waals surface area contributed by atoms with Gasteiger partial charge >= 0.3 is 0 Å². The summed E-state index contributed by atoms with van der Waals surface area (Å²) in [6.45, 7) is 1.96. The second-order valence-corrected chi connectivity index (χ2v) is 10.7. The van der Waals surface area contributed by atoms with Crippen LogP contribution >= 0.6 is 0 Å². The molecule has 1 nitrogen and oxygen atoms in total. The Balaban J connectivity index is 1.32. The SMILES string of the molecule is C(=C1/CCCc2ccccc21)/N(Cc1ccc2c(c1)CCCC2)Cc1ccc2c(c1)CCCC2. The van der Waals surface area contributed by atoms with Crippen molar-refractivity contribution in [3.63, 3.8) is 0 Å². The molecule has 0 N–H and O–H groups in total. The fourth-order valence-electron chi connectivity index (χ4n) is 6.40. The van der Waals surface area contributed by atoms with Crippen LogP contribution in [0.25, 0.3) is 5.57 Å². The molecular weight excluding hydrogens is 410 g/mol. The maximum Gasteiger partial charge on any atom is 0.0427 e. The molecule has 0 radical (unpaired) electrons. The predicted octanol–water partition coefficient (Wildman–Crippen LogP) is 7.82. The van der Waals surface area contributed by atoms with Crippen molar-refractivity contribution in [2.45, 2.75) is 83.7 Å². The molecule has 0 saturated carbocycles. The minimum absolute atomic E-state index is 0.982. The van der Waals surface area contributed by atoms with Crippen molar-refractivity contribution in [3.05, 3.63) is 111 Å². The summed E-state index contributed by atoms with van der Waals surface area (Å²) in [5.74, 6) is 0. The molecule has 0 heterocycles. The largest absolute Gasteiger partial charge is 0.369 e. The van der Waals surface area contributed by atoms with E-state index in [1.165, 1.54) is 98.5 Å². The zero-order valence-corrected chi connectivity index (χ0v) is 20.5. The van der Waals surface area contributed by atoms with Gasteiger partial charge in [0.15, 0.2) is 0 Å². The number of aryl methyl sites for hydroxylation is 5. The average molecular weight is 448 g/mol. The standard InChI is InChI=1S/C33H37N/c1-3-11-30-20-25(16-18-27(30)8-1)22-34(23-26-17-19-28-9-2-4-12-31(28)21-26)24-32-14-7-13-29-10-5-6-15-33(29)32/h5-6,10,15-21,24H,1-4,7-9,11-14,22-23H2/b32-24+. The summed E-state index contributed by atoms with van der Waals surface area (Å²) in [6, 6.07) is 23.6. The molecule has 0 spiro atoms. The van der Waals surface area contributed by atoms with E-state index in [1.54, 1.807) is 22.3 Å². The number of allylic oxidation sites excluding steroid dienone is 1. The van der Waals surface area contributed by atoms with Crippen molar-refractivity contribution in [1.82, 2.24) is 4.90 Å². The van der Waals surface area contributed by atoms with Gasteiger partial charge in [-0.2, -0.15) is 0 Å². The lowest BCUT2D eigenvalue weighted by atomic mass is 9.87. The summed E-state index contributed by atoms with van der Waals surface area (Å²) < 4.78 is 0. The van der Waals surface area contributed by atoms with Crippen LogP contribution in [0.2, 0.25) is 0 Å². The molecule has 3 aliphatic rings. The van der Waals surface area contributed by atoms with Crippen molar-refractivity contribution in [1.29, 1.82) is 0 Å². The number of fused-ring (bicyclic) bond motifs is 3. The van der Waals surface area contributed by atoms with Crippen LogP contribution in [0.15, 0.2) is 66.9 Å². The lowest BCUT2D eigenvalue weighted by Gasteiger charge is -2.27. The molecule has 1 heteroatoms. The third-order valence-corrected chi connectivity index (χ3v) is 8.19. The highest BCUT2D eigenvalue weighted by atomic mass is 15.1. The van der Waals surface area contributed by atoms with Gasteiger partial charge in [0.1, 0.15) is 0 Å². The molecule has 0 aliphatic heterocycles. The Morgan fingerprint density at radius 3 is 1.74 bits per heavy atom. The van der Waals surface area contributed by atoms with E-state index in [2.05, 4.69) is 71.8 Å². The van der Waals surface area contributed by atoms with Crippen molar-refractivity contribution < 1.29 is 0 Å². The maximum absolute atomic E-state index is 2.59. The van der Waals surface area contributed by atoms with Crippen LogP contribution in [0.3, 0.4) is 0 Å². The zero-order valence-electron chi connectivity index (χ0n) is 20.5. The normalized spacial score (nSPS) is 18.2. The fourth-order valence-corrected chi connectivity index (χ4v) is 6.40. The quantitative estimate of drug-likeness (QED) is 0.385. The van der Waals surface area contributed by atoms with Gasteiger partial charge in [-0.1, -0.05) is 60.7 Å². The Morgan fingerprint density at radius 1 is 0.529 bits per heavy atom. The van der Waals surface area contributed by atoms with Crippen LogP contribution in [-0.4, -0.2) is 4.90 Å². The van der Waals surface area contributed by atoms with Crippen LogP contribution in [-0.2, 0) is 45.2 Å². The molecular formula is C33H37N. The first kappa shape index (κ1) is 21.7. The Hall–Kier alpha value is -2.80. The van der Waals surface area contributed by atoms with Crippen LogP contribution in [0.1, 0.15) is 83.0 Å². The van der Waals surface area contributed by atoms with Gasteiger partial charge in [-0.15, -0.1) is 0 Å². The van der Waals surface area contributed by atoms with Gasteiger partial charge in [-0.05, 0) is 121 Å². The first-order valence-corrected chi connectivity index (χ1v) is 13.6. The van der Waals surface area contributed by atoms with E-state index in [9.17, 15) is 0 Å². The van der Waals surface area contributed by atoms with Crippen LogP contribution < -0.4 is 0 Å². The monoisotopic (exact) mass is 447 g/mol. The van der Waals surface area contributed by atoms with E-state index in [1.807, 2.05) is 0 Å². The molecule has 34 heavy (non-hydrogen) atoms. The minimum atomic E-state index is 0.982. The summed E-state index contributed by atoms with van der Waals surface area (Å²) in [7, 11) is 0. The molecule has 0 fully saturated rings. The molecule has 0 aromatic heterocycles. The van der Waals surface area contributed by atoms with Gasteiger partial charge in [0.2, 0.25) is 0 Å². The first-order chi connectivity index (χ1) is 16.8. The van der Waals surface area contributed by atoms with Crippen molar-refractivity contribution in [2.24, 2.45) is 0 Å². The van der Waals surface area contributed by atoms with E-state index < -0.39 is 0 Å². The molecule has 0 bridgehead atoms. The average Bonchev–Trinajstić information content (AvgIpc) is 2.89. The third kappa shape index (κ3) is 4.71. The lowest BCUT2D eigenvalue weighted by molar-refractivity contribution is 0.361. The van der Waals surface area contributed by atoms with Gasteiger partial charge in [0.25, 0.3) is 0 Å². The zero-order chi connectivity index (χ0) is 22.7. The Morgan fingerprint density at radius 2 is 1.09 bits per heavy atom. The second-order valence-electron chi connectivity index (χ2n) is 10.7. The molecule has 0 saturated heterocycles. The summed E-state index contributed by atoms with van der Waals surface area (Å²) in [6.07, 6.45) is 16.6. The van der Waals surface area contributed by atoms with Crippen molar-refractivity contribution >= 4 is 5.57 Å². The molecule has 0 unspecified atom stereocenters. The summed E-state index contributed by atoms with van der Waals surface area (Å²) in [4.78, 5) is 2.59. The van der Waals surface area contributed by atoms with E-state index in [-0.39, 0.29) is 0 Å². The number of benzene rings is 3. The van der Waals surface area contributed by atoms with Gasteiger partial charge in [-0.25, -0.2) is 0 Å². The van der Waals surface area contributed by atoms with Crippen molar-refractivity contribution in [3.8, 4) is 0 Å². The summed E-state index contributed by atoms with van der Waals surface area (Å²) >= 11 is 0. The fraction of sp³-hybridized carbons (Fsp3) is 0.394. The second kappa shape index (κ2) is 9.82. The highest BCUT2D eigenvalue weighted by Gasteiger charge is 2.17. The van der Waals surface area contributed by atoms with Gasteiger partial charge < -0.3 is 4.90 Å². The Kier molecular flexibility index (Phi) is 6.27. The topological polar surface area (TPSA) is 3.24 Å². The van der Waals surface area contributed by atoms with E-state index in [4.69, 9.17) is 0 Å². The van der Waals surface area contributed by atoms with E-state index in [0.29, 0.717) is 0 Å². The maximum atomic E-state index is 2.59. The molecule has 3 aliphatic carbocycles. The van der Waals surface area contributed by atoms with Gasteiger partial charge in [-0.3, -0.25) is 0 Å². The minimum Gasteiger partial charge on any atom is -0.369 e. The summed E-state index contributed by atoms with van der Waals surface area (Å²) in [5.41, 5.74) is 13.8. The van der Waals surface area contributed by atoms with Crippen LogP contribution in [0.5, 0.6) is 0 Å². The number of hydrogen-bond donors (Lipinski definition) is 0. The van der Waals surface area contributed by atoms with E-state index >= 15 is 0 Å². The number of nitrogens with zero attached hydrogens (tertiary/aromatic N) is 1. The molecule has 6 rings (SSSR count). The first-order valence-electron chi connectivity index (χ1n) is 13.6. The number of rotatable bonds is 5. The van der Waals surface area contributed by atoms with E-state index in [0.717, 1.165) is 13.1 Å². The number of hydrogen-bond acceptors (Lipinski definition) is 1.